The molecule has 6 aliphatic heterocycles. The number of rotatable bonds is 9. The van der Waals surface area contributed by atoms with Gasteiger partial charge in [-0.05, 0) is 12.8 Å². The molecule has 12 heteroatoms. The predicted molar refractivity (Wildman–Crippen MR) is 86.7 cm³/mol. The van der Waals surface area contributed by atoms with E-state index < -0.39 is 15.6 Å². The minimum absolute atomic E-state index is 0.342. The van der Waals surface area contributed by atoms with Crippen LogP contribution < -0.4 is 0 Å². The lowest BCUT2D eigenvalue weighted by atomic mass is 9.92. The fourth-order valence-corrected chi connectivity index (χ4v) is 6.04. The number of hydrogen-bond donors (Lipinski definition) is 0. The summed E-state index contributed by atoms with van der Waals surface area (Å²) in [6, 6.07) is 0. The molecule has 0 aliphatic carbocycles. The van der Waals surface area contributed by atoms with Crippen molar-refractivity contribution < 1.29 is 45.7 Å². The molecule has 6 aliphatic rings. The lowest BCUT2D eigenvalue weighted by Gasteiger charge is -2.43. The Balaban J connectivity index is 1.05. The lowest BCUT2D eigenvalue weighted by Crippen LogP contribution is -2.48. The van der Waals surface area contributed by atoms with Crippen molar-refractivity contribution >= 4 is 15.6 Å². The van der Waals surface area contributed by atoms with Gasteiger partial charge in [-0.15, -0.1) is 0 Å². The molecule has 6 rings (SSSR count). The molecule has 0 aromatic carbocycles. The lowest BCUT2D eigenvalue weighted by molar-refractivity contribution is -0.129. The predicted octanol–water partition coefficient (Wildman–Crippen LogP) is 2.14. The van der Waals surface area contributed by atoms with E-state index in [9.17, 15) is 9.13 Å². The van der Waals surface area contributed by atoms with Gasteiger partial charge >= 0.3 is 15.6 Å². The number of unbranched alkanes of at least 4 members (excludes halogenated alkanes) is 1. The summed E-state index contributed by atoms with van der Waals surface area (Å²) in [6.07, 6.45) is 1.70. The minimum Gasteiger partial charge on any atom is -0.381 e. The van der Waals surface area contributed by atoms with Crippen molar-refractivity contribution in [3.05, 3.63) is 0 Å². The minimum atomic E-state index is -3.26. The van der Waals surface area contributed by atoms with Gasteiger partial charge < -0.3 is 9.47 Å². The Labute approximate surface area is 151 Å². The fourth-order valence-electron chi connectivity index (χ4n) is 3.01. The van der Waals surface area contributed by atoms with E-state index in [0.29, 0.717) is 66.1 Å². The largest absolute Gasteiger partial charge is 0.474 e. The highest BCUT2D eigenvalue weighted by Crippen LogP contribution is 2.60. The second kappa shape index (κ2) is 7.52. The number of phosphoric ester groups is 2. The molecule has 0 atom stereocenters. The van der Waals surface area contributed by atoms with Crippen LogP contribution in [0.4, 0.5) is 0 Å². The monoisotopic (exact) mass is 414 g/mol. The van der Waals surface area contributed by atoms with Crippen LogP contribution in [0.2, 0.25) is 0 Å². The van der Waals surface area contributed by atoms with E-state index in [4.69, 9.17) is 36.6 Å². The van der Waals surface area contributed by atoms with Gasteiger partial charge in [0.2, 0.25) is 0 Å². The van der Waals surface area contributed by atoms with Gasteiger partial charge in [-0.2, -0.15) is 0 Å². The summed E-state index contributed by atoms with van der Waals surface area (Å²) >= 11 is 0. The van der Waals surface area contributed by atoms with Gasteiger partial charge in [0.1, 0.15) is 0 Å². The zero-order valence-corrected chi connectivity index (χ0v) is 16.3. The van der Waals surface area contributed by atoms with Gasteiger partial charge in [0.05, 0.1) is 63.7 Å². The van der Waals surface area contributed by atoms with Crippen LogP contribution >= 0.6 is 15.6 Å². The Morgan fingerprint density at radius 2 is 0.923 bits per heavy atom. The maximum atomic E-state index is 11.7. The van der Waals surface area contributed by atoms with E-state index in [0.717, 1.165) is 12.8 Å². The molecule has 4 bridgehead atoms. The van der Waals surface area contributed by atoms with Gasteiger partial charge in [0.25, 0.3) is 0 Å². The normalized spacial score (nSPS) is 44.5. The first kappa shape index (κ1) is 19.5. The Kier molecular flexibility index (Phi) is 5.63. The van der Waals surface area contributed by atoms with Gasteiger partial charge in [0.15, 0.2) is 0 Å². The van der Waals surface area contributed by atoms with E-state index in [2.05, 4.69) is 0 Å². The highest BCUT2D eigenvalue weighted by atomic mass is 31.2. The van der Waals surface area contributed by atoms with Crippen LogP contribution in [-0.4, -0.2) is 66.1 Å². The van der Waals surface area contributed by atoms with Crippen LogP contribution in [0.25, 0.3) is 0 Å². The topological polar surface area (TPSA) is 108 Å². The zero-order valence-electron chi connectivity index (χ0n) is 14.5. The molecule has 0 radical (unpaired) electrons. The smallest absolute Gasteiger partial charge is 0.381 e. The number of ether oxygens (including phenoxy) is 2. The molecule has 0 spiro atoms. The van der Waals surface area contributed by atoms with Crippen LogP contribution in [0, 0.1) is 10.8 Å². The Morgan fingerprint density at radius 3 is 1.23 bits per heavy atom. The summed E-state index contributed by atoms with van der Waals surface area (Å²) in [5.41, 5.74) is -0.716. The Bertz CT molecular complexity index is 496. The SMILES string of the molecule is O=P12OCC(COCCCCOCC34COP(=O)(OC3)OC4)(CO1)CO2. The highest BCUT2D eigenvalue weighted by Gasteiger charge is 2.51. The average Bonchev–Trinajstić information content (AvgIpc) is 2.67. The van der Waals surface area contributed by atoms with Gasteiger partial charge in [-0.25, -0.2) is 9.13 Å². The molecule has 0 N–H and O–H groups in total. The maximum absolute atomic E-state index is 11.7. The van der Waals surface area contributed by atoms with Crippen LogP contribution in [0.3, 0.4) is 0 Å². The number of phosphoric acid groups is 2. The molecular formula is C14H24O10P2. The molecular weight excluding hydrogens is 390 g/mol. The van der Waals surface area contributed by atoms with Crippen LogP contribution in [0.15, 0.2) is 0 Å². The molecule has 0 aromatic rings. The molecule has 150 valence electrons. The van der Waals surface area contributed by atoms with Crippen LogP contribution in [0.5, 0.6) is 0 Å². The van der Waals surface area contributed by atoms with Crippen molar-refractivity contribution in [3.8, 4) is 0 Å². The van der Waals surface area contributed by atoms with Crippen molar-refractivity contribution in [1.82, 2.24) is 0 Å². The molecule has 0 unspecified atom stereocenters. The molecule has 6 heterocycles. The van der Waals surface area contributed by atoms with Crippen molar-refractivity contribution in [2.45, 2.75) is 12.8 Å². The van der Waals surface area contributed by atoms with E-state index in [1.165, 1.54) is 0 Å². The van der Waals surface area contributed by atoms with E-state index in [1.807, 2.05) is 0 Å². The van der Waals surface area contributed by atoms with Crippen molar-refractivity contribution in [2.24, 2.45) is 10.8 Å². The van der Waals surface area contributed by atoms with E-state index in [1.54, 1.807) is 0 Å². The molecule has 0 aromatic heterocycles. The summed E-state index contributed by atoms with van der Waals surface area (Å²) in [6.45, 7) is 4.13. The summed E-state index contributed by atoms with van der Waals surface area (Å²) in [5.74, 6) is 0. The Hall–Kier alpha value is 0.140. The average molecular weight is 414 g/mol. The molecule has 0 amide bonds. The Morgan fingerprint density at radius 1 is 0.615 bits per heavy atom. The first-order valence-electron chi connectivity index (χ1n) is 8.68. The molecule has 6 saturated heterocycles. The summed E-state index contributed by atoms with van der Waals surface area (Å²) in [5, 5.41) is 0. The third-order valence-electron chi connectivity index (χ3n) is 4.82. The van der Waals surface area contributed by atoms with Crippen molar-refractivity contribution in [2.75, 3.05) is 66.1 Å². The quantitative estimate of drug-likeness (QED) is 0.411. The molecule has 6 fully saturated rings. The summed E-state index contributed by atoms with van der Waals surface area (Å²) < 4.78 is 65.5. The van der Waals surface area contributed by atoms with Gasteiger partial charge in [0, 0.05) is 13.2 Å². The van der Waals surface area contributed by atoms with Crippen molar-refractivity contribution in [1.29, 1.82) is 0 Å². The first-order chi connectivity index (χ1) is 12.4. The van der Waals surface area contributed by atoms with Gasteiger partial charge in [-0.3, -0.25) is 27.1 Å². The third kappa shape index (κ3) is 4.25. The number of hydrogen-bond acceptors (Lipinski definition) is 10. The zero-order chi connectivity index (χ0) is 18.1. The first-order valence-corrected chi connectivity index (χ1v) is 11.6. The summed E-state index contributed by atoms with van der Waals surface area (Å²) in [4.78, 5) is 0. The number of fused-ring (bicyclic) bond motifs is 6. The van der Waals surface area contributed by atoms with E-state index >= 15 is 0 Å². The van der Waals surface area contributed by atoms with Crippen LogP contribution in [-0.2, 0) is 45.7 Å². The van der Waals surface area contributed by atoms with Gasteiger partial charge in [-0.1, -0.05) is 0 Å². The third-order valence-corrected chi connectivity index (χ3v) is 7.49. The standard InChI is InChI=1S/C14H24O10P2/c15-25-19-7-13(8-20-25,9-21-25)5-17-3-1-2-4-18-6-14-10-22-26(16,23-11-14)24-12-14/h1-12H2. The van der Waals surface area contributed by atoms with Crippen molar-refractivity contribution in [3.63, 3.8) is 0 Å². The van der Waals surface area contributed by atoms with E-state index in [-0.39, 0.29) is 10.8 Å². The molecule has 26 heavy (non-hydrogen) atoms. The van der Waals surface area contributed by atoms with Crippen LogP contribution in [0.1, 0.15) is 12.8 Å². The maximum Gasteiger partial charge on any atom is 0.474 e. The molecule has 0 saturated carbocycles. The molecule has 10 nitrogen and oxygen atoms in total. The highest BCUT2D eigenvalue weighted by molar-refractivity contribution is 7.48. The second-order valence-electron chi connectivity index (χ2n) is 7.35. The summed E-state index contributed by atoms with van der Waals surface area (Å²) in [7, 11) is -6.53. The fraction of sp³-hybridized carbons (Fsp3) is 1.00. The second-order valence-corrected chi connectivity index (χ2v) is 10.7.